The fourth-order valence-electron chi connectivity index (χ4n) is 8.16. The Morgan fingerprint density at radius 1 is 0.766 bits per heavy atom. The van der Waals surface area contributed by atoms with Crippen LogP contribution in [0, 0.1) is 31.3 Å². The molecule has 0 fully saturated rings. The van der Waals surface area contributed by atoms with Gasteiger partial charge in [0.15, 0.2) is 0 Å². The molecule has 0 saturated carbocycles. The number of nitrogens with zero attached hydrogens (tertiary/aromatic N) is 4. The molecule has 9 aromatic rings. The molecule has 0 aliphatic carbocycles. The summed E-state index contributed by atoms with van der Waals surface area (Å²) >= 11 is 0. The van der Waals surface area contributed by atoms with Gasteiger partial charge < -0.3 is 14.0 Å². The van der Waals surface area contributed by atoms with Gasteiger partial charge in [0.25, 0.3) is 0 Å². The molecule has 0 N–H and O–H groups in total. The molecule has 329 valence electrons. The molecule has 0 spiro atoms. The third kappa shape index (κ3) is 9.78. The molecular weight excluding hydrogens is 977 g/mol. The minimum Gasteiger partial charge on any atom is -0.486 e. The topological polar surface area (TPSA) is 56.7 Å². The van der Waals surface area contributed by atoms with Crippen LogP contribution in [-0.4, -0.2) is 27.6 Å². The second kappa shape index (κ2) is 18.6. The minimum atomic E-state index is -2.17. The van der Waals surface area contributed by atoms with Crippen molar-refractivity contribution in [3.63, 3.8) is 0 Å². The Kier molecular flexibility index (Phi) is 11.6. The normalized spacial score (nSPS) is 13.5. The van der Waals surface area contributed by atoms with E-state index < -0.39 is 26.7 Å². The van der Waals surface area contributed by atoms with Crippen molar-refractivity contribution in [2.45, 2.75) is 100 Å². The van der Waals surface area contributed by atoms with E-state index >= 15 is 0 Å². The summed E-state index contributed by atoms with van der Waals surface area (Å²) in [6, 6.07) is 45.1. The van der Waals surface area contributed by atoms with Crippen molar-refractivity contribution in [1.82, 2.24) is 19.5 Å². The van der Waals surface area contributed by atoms with Crippen molar-refractivity contribution in [2.24, 2.45) is 5.41 Å². The number of benzene rings is 5. The number of fused-ring (bicyclic) bond motifs is 4. The average Bonchev–Trinajstić information content (AvgIpc) is 3.85. The average molecular weight is 1040 g/mol. The smallest absolute Gasteiger partial charge is 0.216 e. The summed E-state index contributed by atoms with van der Waals surface area (Å²) in [5.74, 6) is 1.48. The zero-order chi connectivity index (χ0) is 49.1. The van der Waals surface area contributed by atoms with Crippen molar-refractivity contribution < 1.29 is 31.4 Å². The molecule has 5 nitrogen and oxygen atoms in total. The first-order chi connectivity index (χ1) is 31.9. The number of hydrogen-bond acceptors (Lipinski definition) is 4. The van der Waals surface area contributed by atoms with Gasteiger partial charge in [-0.2, -0.15) is 0 Å². The summed E-state index contributed by atoms with van der Waals surface area (Å²) in [5, 5.41) is 3.03. The molecule has 0 aliphatic rings. The van der Waals surface area contributed by atoms with Gasteiger partial charge in [-0.1, -0.05) is 134 Å². The number of imidazole rings is 1. The van der Waals surface area contributed by atoms with Crippen LogP contribution in [0.1, 0.15) is 95.1 Å². The molecule has 0 unspecified atom stereocenters. The summed E-state index contributed by atoms with van der Waals surface area (Å²) in [6.07, 6.45) is 0.269. The first-order valence-electron chi connectivity index (χ1n) is 24.4. The van der Waals surface area contributed by atoms with Crippen molar-refractivity contribution in [2.75, 3.05) is 0 Å². The Bertz CT molecular complexity index is 3260. The van der Waals surface area contributed by atoms with Crippen LogP contribution in [0.2, 0.25) is 19.6 Å². The van der Waals surface area contributed by atoms with E-state index in [1.807, 2.05) is 45.9 Å². The molecule has 0 atom stereocenters. The number of hydrogen-bond donors (Lipinski definition) is 0. The number of pyridine rings is 2. The fourth-order valence-corrected chi connectivity index (χ4v) is 9.56. The van der Waals surface area contributed by atoms with Gasteiger partial charge in [0.1, 0.15) is 0 Å². The Balaban J connectivity index is 0.000000220. The summed E-state index contributed by atoms with van der Waals surface area (Å²) in [5.41, 5.74) is 13.2. The standard InChI is InChI=1S/C37H32N3O.C20H28NSi.Ir/c1-22(2)29-20-27(25-11-7-6-8-12-25)21-30(23(3)4)35(29)40-33-14-10-9-13-32(33)39-36(40)26-16-18-34-31(19-26)28-17-15-24(5)38-37(28)41-34;1-15-8-10-16(11-9-15)18-12-17(13-20(2,3)4)19(14-21-18)22(5,6)7;/h6-15,17-23H,1-5H3;8-10,12,14H,13H2,1-7H3;/q2*-1;/i;1D3,13D2;. The number of para-hydroxylation sites is 2. The molecule has 0 aliphatic heterocycles. The van der Waals surface area contributed by atoms with Gasteiger partial charge in [-0.25, -0.2) is 4.98 Å². The van der Waals surface area contributed by atoms with Crippen LogP contribution < -0.4 is 5.19 Å². The van der Waals surface area contributed by atoms with Crippen molar-refractivity contribution in [3.8, 4) is 39.5 Å². The van der Waals surface area contributed by atoms with Gasteiger partial charge in [0.2, 0.25) is 5.71 Å². The number of aromatic nitrogens is 4. The quantitative estimate of drug-likeness (QED) is 0.112. The SMILES string of the molecule is Cc1ccc2c(n1)oc1c[c-]c(-c3nc4ccccc4n3-c3c(C(C)C)cc(-c4ccccc4)cc3C(C)C)cc12.[2H]C([2H])([2H])c1c[c-]c(-c2cc(C([2H])([2H])C(C)(C)C)c([Si](C)(C)C)cn2)cc1.[Ir]. The first-order valence-corrected chi connectivity index (χ1v) is 25.4. The summed E-state index contributed by atoms with van der Waals surface area (Å²) in [7, 11) is -1.81. The van der Waals surface area contributed by atoms with E-state index in [0.717, 1.165) is 49.7 Å². The monoisotopic (exact) mass is 1040 g/mol. The predicted molar refractivity (Wildman–Crippen MR) is 268 cm³/mol. The van der Waals surface area contributed by atoms with Crippen LogP contribution in [0.4, 0.5) is 0 Å². The van der Waals surface area contributed by atoms with Crippen LogP contribution >= 0.6 is 0 Å². The van der Waals surface area contributed by atoms with E-state index in [1.54, 1.807) is 18.3 Å². The number of furan rings is 1. The van der Waals surface area contributed by atoms with Gasteiger partial charge in [-0.05, 0) is 100 Å². The molecular formula is C57H60IrN4OSi-2. The van der Waals surface area contributed by atoms with E-state index in [2.05, 4.69) is 153 Å². The molecule has 0 amide bonds. The van der Waals surface area contributed by atoms with Crippen molar-refractivity contribution in [1.29, 1.82) is 0 Å². The largest absolute Gasteiger partial charge is 0.486 e. The van der Waals surface area contributed by atoms with Crippen molar-refractivity contribution >= 4 is 46.4 Å². The molecule has 64 heavy (non-hydrogen) atoms. The molecule has 7 heteroatoms. The Morgan fingerprint density at radius 2 is 1.45 bits per heavy atom. The molecule has 0 bridgehead atoms. The Hall–Kier alpha value is -5.46. The first kappa shape index (κ1) is 40.1. The van der Waals surface area contributed by atoms with Gasteiger partial charge in [-0.15, -0.1) is 59.2 Å². The second-order valence-corrected chi connectivity index (χ2v) is 24.2. The van der Waals surface area contributed by atoms with Gasteiger partial charge in [-0.3, -0.25) is 4.98 Å². The molecule has 4 heterocycles. The van der Waals surface area contributed by atoms with Crippen LogP contribution in [0.5, 0.6) is 0 Å². The summed E-state index contributed by atoms with van der Waals surface area (Å²) < 4.78 is 48.5. The van der Waals surface area contributed by atoms with E-state index in [4.69, 9.17) is 16.3 Å². The van der Waals surface area contributed by atoms with Crippen LogP contribution in [-0.2, 0) is 26.5 Å². The van der Waals surface area contributed by atoms with Gasteiger partial charge in [0.05, 0.1) is 30.5 Å². The molecule has 9 rings (SSSR count). The molecule has 0 saturated heterocycles. The second-order valence-electron chi connectivity index (χ2n) is 19.2. The zero-order valence-corrected chi connectivity index (χ0v) is 42.1. The van der Waals surface area contributed by atoms with E-state index in [0.29, 0.717) is 34.4 Å². The summed E-state index contributed by atoms with van der Waals surface area (Å²) in [4.78, 5) is 14.4. The van der Waals surface area contributed by atoms with Gasteiger partial charge >= 0.3 is 0 Å². The van der Waals surface area contributed by atoms with Gasteiger partial charge in [0, 0.05) is 49.9 Å². The maximum Gasteiger partial charge on any atom is 0.216 e. The molecule has 4 aromatic heterocycles. The minimum absolute atomic E-state index is 0. The fraction of sp³-hybridized carbons (Fsp3) is 0.281. The van der Waals surface area contributed by atoms with E-state index in [1.165, 1.54) is 34.0 Å². The summed E-state index contributed by atoms with van der Waals surface area (Å²) in [6.45, 7) is 21.2. The van der Waals surface area contributed by atoms with Crippen molar-refractivity contribution in [3.05, 3.63) is 162 Å². The zero-order valence-electron chi connectivity index (χ0n) is 43.7. The maximum atomic E-state index is 8.79. The third-order valence-corrected chi connectivity index (χ3v) is 13.3. The number of rotatable bonds is 8. The van der Waals surface area contributed by atoms with Crippen LogP contribution in [0.25, 0.3) is 72.6 Å². The molecule has 1 radical (unpaired) electrons. The van der Waals surface area contributed by atoms with E-state index in [-0.39, 0.29) is 25.7 Å². The maximum absolute atomic E-state index is 8.79. The van der Waals surface area contributed by atoms with Crippen LogP contribution in [0.3, 0.4) is 0 Å². The Morgan fingerprint density at radius 3 is 2.09 bits per heavy atom. The van der Waals surface area contributed by atoms with Crippen LogP contribution in [0.15, 0.2) is 126 Å². The van der Waals surface area contributed by atoms with E-state index in [9.17, 15) is 0 Å². The molecule has 5 aromatic carbocycles. The number of aryl methyl sites for hydroxylation is 2. The predicted octanol–water partition coefficient (Wildman–Crippen LogP) is 15.0. The Labute approximate surface area is 401 Å². The third-order valence-electron chi connectivity index (χ3n) is 11.3.